The number of hydrogen-bond donors (Lipinski definition) is 3. The molecule has 18 heavy (non-hydrogen) atoms. The number of amides is 1. The molecular formula is C11H23N3O4. The maximum atomic E-state index is 10.3. The summed E-state index contributed by atoms with van der Waals surface area (Å²) in [5.41, 5.74) is 0. The Balaban J connectivity index is 1.85. The minimum atomic E-state index is -1.30. The van der Waals surface area contributed by atoms with Crippen molar-refractivity contribution in [2.45, 2.75) is 12.8 Å². The zero-order chi connectivity index (χ0) is 13.2. The maximum Gasteiger partial charge on any atom is 0.431 e. The number of carbonyl (C=O) groups is 1. The van der Waals surface area contributed by atoms with Crippen molar-refractivity contribution < 1.29 is 19.8 Å². The number of ether oxygens (including phenoxy) is 1. The lowest BCUT2D eigenvalue weighted by molar-refractivity contribution is -0.0640. The van der Waals surface area contributed by atoms with Gasteiger partial charge >= 0.3 is 6.09 Å². The molecule has 0 radical (unpaired) electrons. The van der Waals surface area contributed by atoms with Gasteiger partial charge in [0.05, 0.1) is 19.8 Å². The van der Waals surface area contributed by atoms with Crippen LogP contribution >= 0.6 is 0 Å². The quantitative estimate of drug-likeness (QED) is 0.325. The first kappa shape index (κ1) is 15.2. The minimum absolute atomic E-state index is 0.145. The number of morpholine rings is 1. The average molecular weight is 261 g/mol. The van der Waals surface area contributed by atoms with Gasteiger partial charge in [-0.15, -0.1) is 0 Å². The van der Waals surface area contributed by atoms with Crippen LogP contribution in [0.2, 0.25) is 0 Å². The van der Waals surface area contributed by atoms with Crippen molar-refractivity contribution in [3.05, 3.63) is 0 Å². The number of nitrogens with zero attached hydrogens (tertiary/aromatic N) is 2. The van der Waals surface area contributed by atoms with Gasteiger partial charge in [-0.2, -0.15) is 5.06 Å². The van der Waals surface area contributed by atoms with E-state index in [1.807, 2.05) is 0 Å². The molecule has 0 saturated carbocycles. The van der Waals surface area contributed by atoms with E-state index in [2.05, 4.69) is 10.2 Å². The Morgan fingerprint density at radius 1 is 1.28 bits per heavy atom. The summed E-state index contributed by atoms with van der Waals surface area (Å²) in [5.74, 6) is 0. The Morgan fingerprint density at radius 3 is 2.61 bits per heavy atom. The molecule has 0 bridgehead atoms. The molecule has 1 amide bonds. The molecule has 1 rings (SSSR count). The predicted octanol–water partition coefficient (Wildman–Crippen LogP) is 0.0576. The van der Waals surface area contributed by atoms with Gasteiger partial charge < -0.3 is 15.2 Å². The van der Waals surface area contributed by atoms with E-state index in [-0.39, 0.29) is 6.54 Å². The third-order valence-corrected chi connectivity index (χ3v) is 2.88. The second-order valence-corrected chi connectivity index (χ2v) is 4.32. The molecule has 7 nitrogen and oxygen atoms in total. The van der Waals surface area contributed by atoms with Crippen LogP contribution in [0.4, 0.5) is 4.79 Å². The van der Waals surface area contributed by atoms with Crippen LogP contribution in [0.15, 0.2) is 0 Å². The van der Waals surface area contributed by atoms with Crippen molar-refractivity contribution in [1.29, 1.82) is 0 Å². The molecule has 1 fully saturated rings. The van der Waals surface area contributed by atoms with Crippen LogP contribution < -0.4 is 5.32 Å². The normalized spacial score (nSPS) is 16.7. The van der Waals surface area contributed by atoms with Crippen molar-refractivity contribution in [2.24, 2.45) is 0 Å². The highest BCUT2D eigenvalue weighted by molar-refractivity contribution is 5.63. The molecule has 106 valence electrons. The van der Waals surface area contributed by atoms with E-state index in [1.165, 1.54) is 0 Å². The fourth-order valence-electron chi connectivity index (χ4n) is 1.83. The van der Waals surface area contributed by atoms with E-state index in [1.54, 1.807) is 0 Å². The molecule has 1 aliphatic heterocycles. The Hall–Kier alpha value is -0.890. The molecule has 0 atom stereocenters. The van der Waals surface area contributed by atoms with Gasteiger partial charge in [-0.1, -0.05) is 0 Å². The summed E-state index contributed by atoms with van der Waals surface area (Å²) in [6.45, 7) is 6.52. The zero-order valence-corrected chi connectivity index (χ0v) is 10.7. The molecule has 0 spiro atoms. The predicted molar refractivity (Wildman–Crippen MR) is 65.9 cm³/mol. The number of nitrogens with one attached hydrogen (secondary N) is 1. The fourth-order valence-corrected chi connectivity index (χ4v) is 1.83. The standard InChI is InChI=1S/C11H23N3O4/c15-11(16)14(17)6-2-4-12-3-1-5-13-7-9-18-10-8-13/h12,17H,1-10H2,(H,15,16). The summed E-state index contributed by atoms with van der Waals surface area (Å²) in [6, 6.07) is 0. The fraction of sp³-hybridized carbons (Fsp3) is 0.909. The highest BCUT2D eigenvalue weighted by atomic mass is 16.6. The lowest BCUT2D eigenvalue weighted by Gasteiger charge is -2.26. The summed E-state index contributed by atoms with van der Waals surface area (Å²) < 4.78 is 5.27. The third kappa shape index (κ3) is 6.75. The largest absolute Gasteiger partial charge is 0.463 e. The van der Waals surface area contributed by atoms with Gasteiger partial charge in [-0.3, -0.25) is 10.1 Å². The smallest absolute Gasteiger partial charge is 0.431 e. The van der Waals surface area contributed by atoms with Crippen molar-refractivity contribution in [2.75, 3.05) is 52.5 Å². The first-order chi connectivity index (χ1) is 8.70. The Labute approximate surface area is 107 Å². The molecule has 3 N–H and O–H groups in total. The number of rotatable bonds is 8. The van der Waals surface area contributed by atoms with Gasteiger partial charge in [-0.05, 0) is 32.5 Å². The molecule has 0 aromatic rings. The number of carboxylic acid groups (broad SMARTS) is 1. The molecule has 1 saturated heterocycles. The molecule has 7 heteroatoms. The maximum absolute atomic E-state index is 10.3. The van der Waals surface area contributed by atoms with Crippen LogP contribution in [0.25, 0.3) is 0 Å². The molecular weight excluding hydrogens is 238 g/mol. The van der Waals surface area contributed by atoms with Gasteiger partial charge in [0.25, 0.3) is 0 Å². The number of hydrogen-bond acceptors (Lipinski definition) is 5. The van der Waals surface area contributed by atoms with Gasteiger partial charge in [-0.25, -0.2) is 4.79 Å². The van der Waals surface area contributed by atoms with Crippen LogP contribution in [-0.4, -0.2) is 78.9 Å². The van der Waals surface area contributed by atoms with E-state index in [4.69, 9.17) is 15.1 Å². The molecule has 1 aliphatic rings. The molecule has 0 aromatic heterocycles. The summed E-state index contributed by atoms with van der Waals surface area (Å²) in [7, 11) is 0. The highest BCUT2D eigenvalue weighted by Gasteiger charge is 2.09. The monoisotopic (exact) mass is 261 g/mol. The van der Waals surface area contributed by atoms with Crippen molar-refractivity contribution >= 4 is 6.09 Å². The first-order valence-electron chi connectivity index (χ1n) is 6.40. The van der Waals surface area contributed by atoms with Gasteiger partial charge in [0.1, 0.15) is 0 Å². The van der Waals surface area contributed by atoms with Gasteiger partial charge in [0, 0.05) is 13.1 Å². The Morgan fingerprint density at radius 2 is 1.94 bits per heavy atom. The second-order valence-electron chi connectivity index (χ2n) is 4.32. The van der Waals surface area contributed by atoms with Crippen molar-refractivity contribution in [3.63, 3.8) is 0 Å². The zero-order valence-electron chi connectivity index (χ0n) is 10.7. The Bertz CT molecular complexity index is 234. The molecule has 0 aliphatic carbocycles. The molecule has 1 heterocycles. The highest BCUT2D eigenvalue weighted by Crippen LogP contribution is 1.97. The Kier molecular flexibility index (Phi) is 7.66. The van der Waals surface area contributed by atoms with Crippen LogP contribution in [0, 0.1) is 0 Å². The van der Waals surface area contributed by atoms with Crippen molar-refractivity contribution in [1.82, 2.24) is 15.3 Å². The van der Waals surface area contributed by atoms with Crippen LogP contribution in [0.1, 0.15) is 12.8 Å². The van der Waals surface area contributed by atoms with Crippen LogP contribution in [0.3, 0.4) is 0 Å². The average Bonchev–Trinajstić information content (AvgIpc) is 2.38. The lowest BCUT2D eigenvalue weighted by Crippen LogP contribution is -2.37. The van der Waals surface area contributed by atoms with E-state index in [0.717, 1.165) is 45.8 Å². The van der Waals surface area contributed by atoms with E-state index < -0.39 is 6.09 Å². The van der Waals surface area contributed by atoms with Crippen LogP contribution in [0.5, 0.6) is 0 Å². The summed E-state index contributed by atoms with van der Waals surface area (Å²) in [6.07, 6.45) is 0.379. The van der Waals surface area contributed by atoms with Crippen LogP contribution in [-0.2, 0) is 4.74 Å². The van der Waals surface area contributed by atoms with Gasteiger partial charge in [0.15, 0.2) is 0 Å². The SMILES string of the molecule is O=C(O)N(O)CCCNCCCN1CCOCC1. The van der Waals surface area contributed by atoms with E-state index in [0.29, 0.717) is 18.0 Å². The molecule has 0 aromatic carbocycles. The topological polar surface area (TPSA) is 85.3 Å². The number of hydroxylamine groups is 2. The summed E-state index contributed by atoms with van der Waals surface area (Å²) in [4.78, 5) is 12.7. The van der Waals surface area contributed by atoms with E-state index in [9.17, 15) is 4.79 Å². The van der Waals surface area contributed by atoms with E-state index >= 15 is 0 Å². The summed E-state index contributed by atoms with van der Waals surface area (Å²) in [5, 5.41) is 20.8. The van der Waals surface area contributed by atoms with Gasteiger partial charge in [0.2, 0.25) is 0 Å². The third-order valence-electron chi connectivity index (χ3n) is 2.88. The van der Waals surface area contributed by atoms with Crippen molar-refractivity contribution in [3.8, 4) is 0 Å². The second kappa shape index (κ2) is 9.09. The molecule has 0 unspecified atom stereocenters. The lowest BCUT2D eigenvalue weighted by atomic mass is 10.3. The first-order valence-corrected chi connectivity index (χ1v) is 6.40. The summed E-state index contributed by atoms with van der Waals surface area (Å²) >= 11 is 0. The minimum Gasteiger partial charge on any atom is -0.463 e.